The fraction of sp³-hybridized carbons (Fsp3) is 0.600. The zero-order chi connectivity index (χ0) is 10.2. The zero-order valence-corrected chi connectivity index (χ0v) is 8.12. The van der Waals surface area contributed by atoms with Crippen LogP contribution in [0.2, 0.25) is 0 Å². The van der Waals surface area contributed by atoms with Gasteiger partial charge < -0.3 is 9.63 Å². The molecule has 1 aromatic heterocycles. The molecular weight excluding hydrogens is 182 g/mol. The largest absolute Gasteiger partial charge is 0.476 e. The third-order valence-electron chi connectivity index (χ3n) is 3.03. The molecule has 76 valence electrons. The molecule has 1 saturated carbocycles. The summed E-state index contributed by atoms with van der Waals surface area (Å²) in [4.78, 5) is 10.6. The van der Waals surface area contributed by atoms with Crippen molar-refractivity contribution in [2.45, 2.75) is 38.0 Å². The number of aromatic carboxylic acids is 1. The van der Waals surface area contributed by atoms with E-state index in [0.717, 1.165) is 12.8 Å². The molecule has 0 unspecified atom stereocenters. The SMILES string of the molecule is CC1(c2cc(C(=O)O)no2)CCCC1. The van der Waals surface area contributed by atoms with Crippen LogP contribution < -0.4 is 0 Å². The lowest BCUT2D eigenvalue weighted by Gasteiger charge is -2.18. The minimum atomic E-state index is -1.03. The topological polar surface area (TPSA) is 63.3 Å². The Balaban J connectivity index is 2.28. The second-order valence-electron chi connectivity index (χ2n) is 4.15. The van der Waals surface area contributed by atoms with E-state index in [1.165, 1.54) is 12.8 Å². The van der Waals surface area contributed by atoms with Crippen molar-refractivity contribution < 1.29 is 14.4 Å². The first-order valence-corrected chi connectivity index (χ1v) is 4.82. The Bertz CT molecular complexity index is 350. The molecule has 1 N–H and O–H groups in total. The van der Waals surface area contributed by atoms with E-state index in [2.05, 4.69) is 12.1 Å². The van der Waals surface area contributed by atoms with Gasteiger partial charge in [0.25, 0.3) is 0 Å². The number of hydrogen-bond donors (Lipinski definition) is 1. The second kappa shape index (κ2) is 3.12. The molecule has 0 radical (unpaired) electrons. The Labute approximate surface area is 81.9 Å². The number of aromatic nitrogens is 1. The summed E-state index contributed by atoms with van der Waals surface area (Å²) < 4.78 is 5.08. The number of nitrogens with zero attached hydrogens (tertiary/aromatic N) is 1. The molecule has 1 aromatic rings. The first kappa shape index (κ1) is 9.24. The standard InChI is InChI=1S/C10H13NO3/c1-10(4-2-3-5-10)8-6-7(9(12)13)11-14-8/h6H,2-5H2,1H3,(H,12,13). The summed E-state index contributed by atoms with van der Waals surface area (Å²) in [5.41, 5.74) is 0.00822. The normalized spacial score (nSPS) is 19.8. The third-order valence-corrected chi connectivity index (χ3v) is 3.03. The van der Waals surface area contributed by atoms with Crippen LogP contribution in [-0.4, -0.2) is 16.2 Å². The highest BCUT2D eigenvalue weighted by atomic mass is 16.5. The van der Waals surface area contributed by atoms with Crippen LogP contribution >= 0.6 is 0 Å². The fourth-order valence-electron chi connectivity index (χ4n) is 2.06. The van der Waals surface area contributed by atoms with Crippen molar-refractivity contribution >= 4 is 5.97 Å². The number of rotatable bonds is 2. The van der Waals surface area contributed by atoms with Gasteiger partial charge in [-0.25, -0.2) is 4.79 Å². The lowest BCUT2D eigenvalue weighted by Crippen LogP contribution is -2.15. The van der Waals surface area contributed by atoms with Gasteiger partial charge in [0.2, 0.25) is 0 Å². The van der Waals surface area contributed by atoms with Gasteiger partial charge in [0.1, 0.15) is 5.76 Å². The number of hydrogen-bond acceptors (Lipinski definition) is 3. The third kappa shape index (κ3) is 1.41. The van der Waals surface area contributed by atoms with Gasteiger partial charge in [0, 0.05) is 11.5 Å². The van der Waals surface area contributed by atoms with Crippen LogP contribution in [0.25, 0.3) is 0 Å². The number of carboxylic acid groups (broad SMARTS) is 1. The van der Waals surface area contributed by atoms with E-state index in [4.69, 9.17) is 9.63 Å². The summed E-state index contributed by atoms with van der Waals surface area (Å²) in [6, 6.07) is 1.55. The van der Waals surface area contributed by atoms with Crippen LogP contribution in [0.3, 0.4) is 0 Å². The maximum atomic E-state index is 10.6. The Hall–Kier alpha value is -1.32. The summed E-state index contributed by atoms with van der Waals surface area (Å²) in [6.45, 7) is 2.10. The highest BCUT2D eigenvalue weighted by molar-refractivity contribution is 5.85. The van der Waals surface area contributed by atoms with Gasteiger partial charge in [-0.2, -0.15) is 0 Å². The molecule has 0 atom stereocenters. The van der Waals surface area contributed by atoms with Crippen molar-refractivity contribution in [3.8, 4) is 0 Å². The molecule has 1 heterocycles. The van der Waals surface area contributed by atoms with Crippen molar-refractivity contribution in [2.24, 2.45) is 0 Å². The van der Waals surface area contributed by atoms with Crippen LogP contribution in [0.15, 0.2) is 10.6 Å². The monoisotopic (exact) mass is 195 g/mol. The Morgan fingerprint density at radius 2 is 2.21 bits per heavy atom. The van der Waals surface area contributed by atoms with E-state index in [1.54, 1.807) is 6.07 Å². The molecule has 0 bridgehead atoms. The van der Waals surface area contributed by atoms with Crippen LogP contribution in [0.5, 0.6) is 0 Å². The van der Waals surface area contributed by atoms with E-state index in [1.807, 2.05) is 0 Å². The molecule has 1 fully saturated rings. The minimum Gasteiger partial charge on any atom is -0.476 e. The van der Waals surface area contributed by atoms with Crippen molar-refractivity contribution in [2.75, 3.05) is 0 Å². The highest BCUT2D eigenvalue weighted by Crippen LogP contribution is 2.40. The van der Waals surface area contributed by atoms with Gasteiger partial charge in [-0.3, -0.25) is 0 Å². The highest BCUT2D eigenvalue weighted by Gasteiger charge is 2.34. The van der Waals surface area contributed by atoms with Crippen molar-refractivity contribution in [3.05, 3.63) is 17.5 Å². The smallest absolute Gasteiger partial charge is 0.358 e. The summed E-state index contributed by atoms with van der Waals surface area (Å²) in [5.74, 6) is -0.311. The maximum Gasteiger partial charge on any atom is 0.358 e. The van der Waals surface area contributed by atoms with Crippen LogP contribution in [0.1, 0.15) is 48.9 Å². The van der Waals surface area contributed by atoms with Crippen LogP contribution in [0, 0.1) is 0 Å². The molecule has 0 saturated heterocycles. The molecule has 14 heavy (non-hydrogen) atoms. The Kier molecular flexibility index (Phi) is 2.06. The minimum absolute atomic E-state index is 0.000694. The number of carbonyl (C=O) groups is 1. The molecule has 0 spiro atoms. The van der Waals surface area contributed by atoms with Gasteiger partial charge in [0.15, 0.2) is 5.69 Å². The Morgan fingerprint density at radius 1 is 1.57 bits per heavy atom. The summed E-state index contributed by atoms with van der Waals surface area (Å²) in [6.07, 6.45) is 4.47. The number of carboxylic acids is 1. The van der Waals surface area contributed by atoms with E-state index in [9.17, 15) is 4.79 Å². The molecule has 2 rings (SSSR count). The summed E-state index contributed by atoms with van der Waals surface area (Å²) in [7, 11) is 0. The van der Waals surface area contributed by atoms with E-state index < -0.39 is 5.97 Å². The molecule has 0 amide bonds. The molecule has 0 aromatic carbocycles. The predicted octanol–water partition coefficient (Wildman–Crippen LogP) is 2.20. The molecule has 4 nitrogen and oxygen atoms in total. The van der Waals surface area contributed by atoms with E-state index in [-0.39, 0.29) is 11.1 Å². The second-order valence-corrected chi connectivity index (χ2v) is 4.15. The summed E-state index contributed by atoms with van der Waals surface area (Å²) >= 11 is 0. The lowest BCUT2D eigenvalue weighted by atomic mass is 9.86. The van der Waals surface area contributed by atoms with Crippen LogP contribution in [0.4, 0.5) is 0 Å². The van der Waals surface area contributed by atoms with E-state index in [0.29, 0.717) is 5.76 Å². The molecule has 1 aliphatic carbocycles. The van der Waals surface area contributed by atoms with Gasteiger partial charge in [-0.1, -0.05) is 24.9 Å². The lowest BCUT2D eigenvalue weighted by molar-refractivity contribution is 0.0685. The van der Waals surface area contributed by atoms with E-state index >= 15 is 0 Å². The first-order valence-electron chi connectivity index (χ1n) is 4.82. The molecule has 0 aliphatic heterocycles. The molecule has 4 heteroatoms. The van der Waals surface area contributed by atoms with Crippen molar-refractivity contribution in [1.29, 1.82) is 0 Å². The quantitative estimate of drug-likeness (QED) is 0.785. The predicted molar refractivity (Wildman–Crippen MR) is 49.3 cm³/mol. The van der Waals surface area contributed by atoms with Gasteiger partial charge >= 0.3 is 5.97 Å². The first-order chi connectivity index (χ1) is 6.62. The van der Waals surface area contributed by atoms with Crippen molar-refractivity contribution in [1.82, 2.24) is 5.16 Å². The molecular formula is C10H13NO3. The fourth-order valence-corrected chi connectivity index (χ4v) is 2.06. The molecule has 1 aliphatic rings. The van der Waals surface area contributed by atoms with Gasteiger partial charge in [0.05, 0.1) is 0 Å². The zero-order valence-electron chi connectivity index (χ0n) is 8.12. The van der Waals surface area contributed by atoms with Crippen LogP contribution in [-0.2, 0) is 5.41 Å². The Morgan fingerprint density at radius 3 is 2.71 bits per heavy atom. The maximum absolute atomic E-state index is 10.6. The average Bonchev–Trinajstić information content (AvgIpc) is 2.71. The van der Waals surface area contributed by atoms with Gasteiger partial charge in [-0.05, 0) is 12.8 Å². The average molecular weight is 195 g/mol. The van der Waals surface area contributed by atoms with Gasteiger partial charge in [-0.15, -0.1) is 0 Å². The summed E-state index contributed by atoms with van der Waals surface area (Å²) in [5, 5.41) is 12.2. The van der Waals surface area contributed by atoms with Crippen molar-refractivity contribution in [3.63, 3.8) is 0 Å².